The van der Waals surface area contributed by atoms with Crippen molar-refractivity contribution in [1.29, 1.82) is 0 Å². The van der Waals surface area contributed by atoms with Crippen LogP contribution < -0.4 is 9.62 Å². The van der Waals surface area contributed by atoms with Gasteiger partial charge < -0.3 is 5.32 Å². The van der Waals surface area contributed by atoms with Crippen molar-refractivity contribution in [2.45, 2.75) is 11.3 Å². The number of carbonyl (C=O) groups excluding carboxylic acids is 1. The molecule has 1 amide bonds. The van der Waals surface area contributed by atoms with E-state index in [1.165, 1.54) is 22.5 Å². The van der Waals surface area contributed by atoms with E-state index in [0.29, 0.717) is 29.4 Å². The molecule has 0 unspecified atom stereocenters. The minimum Gasteiger partial charge on any atom is -0.322 e. The lowest BCUT2D eigenvalue weighted by atomic mass is 10.2. The molecule has 0 radical (unpaired) electrons. The smallest absolute Gasteiger partial charge is 0.265 e. The summed E-state index contributed by atoms with van der Waals surface area (Å²) in [6.45, 7) is 0.330. The number of sulfonamides is 1. The van der Waals surface area contributed by atoms with Crippen LogP contribution in [-0.4, -0.2) is 20.9 Å². The maximum atomic E-state index is 13.3. The molecule has 148 valence electrons. The standard InChI is InChI=1S/C21H16Cl2N2O3S/c22-16-5-3-6-17(13-16)24-21(26)15-8-9-18(23)20(12-15)29(27,28)25-11-10-14-4-1-2-7-19(14)25/h1-9,12-13H,10-11H2,(H,24,26). The SMILES string of the molecule is O=C(Nc1cccc(Cl)c1)c1ccc(Cl)c(S(=O)(=O)N2CCc3ccccc32)c1. The molecule has 1 heterocycles. The number of anilines is 2. The Morgan fingerprint density at radius 2 is 1.76 bits per heavy atom. The number of amides is 1. The molecule has 8 heteroatoms. The van der Waals surface area contributed by atoms with Gasteiger partial charge in [-0.25, -0.2) is 8.42 Å². The number of nitrogens with zero attached hydrogens (tertiary/aromatic N) is 1. The van der Waals surface area contributed by atoms with Crippen LogP contribution >= 0.6 is 23.2 Å². The van der Waals surface area contributed by atoms with E-state index in [4.69, 9.17) is 23.2 Å². The Bertz CT molecular complexity index is 1210. The van der Waals surface area contributed by atoms with Crippen molar-refractivity contribution in [2.24, 2.45) is 0 Å². The number of fused-ring (bicyclic) bond motifs is 1. The van der Waals surface area contributed by atoms with Gasteiger partial charge in [0.15, 0.2) is 0 Å². The van der Waals surface area contributed by atoms with Crippen LogP contribution in [0.15, 0.2) is 71.6 Å². The lowest BCUT2D eigenvalue weighted by molar-refractivity contribution is 0.102. The molecular formula is C21H16Cl2N2O3S. The summed E-state index contributed by atoms with van der Waals surface area (Å²) >= 11 is 12.2. The molecule has 0 saturated carbocycles. The van der Waals surface area contributed by atoms with Crippen molar-refractivity contribution in [1.82, 2.24) is 0 Å². The number of para-hydroxylation sites is 1. The van der Waals surface area contributed by atoms with E-state index in [1.807, 2.05) is 12.1 Å². The van der Waals surface area contributed by atoms with Gasteiger partial charge in [-0.1, -0.05) is 47.5 Å². The molecule has 0 saturated heterocycles. The Morgan fingerprint density at radius 1 is 0.966 bits per heavy atom. The number of benzene rings is 3. The molecule has 3 aromatic rings. The van der Waals surface area contributed by atoms with Gasteiger partial charge in [0.05, 0.1) is 10.7 Å². The molecule has 0 spiro atoms. The topological polar surface area (TPSA) is 66.5 Å². The first-order valence-electron chi connectivity index (χ1n) is 8.83. The fourth-order valence-corrected chi connectivity index (χ4v) is 5.48. The van der Waals surface area contributed by atoms with Gasteiger partial charge in [-0.05, 0) is 54.4 Å². The molecule has 5 nitrogen and oxygen atoms in total. The Labute approximate surface area is 178 Å². The second-order valence-corrected chi connectivity index (χ2v) is 9.24. The van der Waals surface area contributed by atoms with Crippen LogP contribution in [0.25, 0.3) is 0 Å². The Morgan fingerprint density at radius 3 is 2.55 bits per heavy atom. The average Bonchev–Trinajstić information content (AvgIpc) is 3.13. The van der Waals surface area contributed by atoms with Crippen molar-refractivity contribution in [3.8, 4) is 0 Å². The first-order valence-corrected chi connectivity index (χ1v) is 11.0. The first kappa shape index (κ1) is 19.8. The highest BCUT2D eigenvalue weighted by atomic mass is 35.5. The number of hydrogen-bond donors (Lipinski definition) is 1. The third-order valence-corrected chi connectivity index (χ3v) is 7.22. The van der Waals surface area contributed by atoms with E-state index in [9.17, 15) is 13.2 Å². The normalized spacial score (nSPS) is 13.2. The average molecular weight is 447 g/mol. The third kappa shape index (κ3) is 3.83. The minimum absolute atomic E-state index is 0.0636. The lowest BCUT2D eigenvalue weighted by Crippen LogP contribution is -2.29. The molecule has 29 heavy (non-hydrogen) atoms. The van der Waals surface area contributed by atoms with Crippen molar-refractivity contribution < 1.29 is 13.2 Å². The zero-order chi connectivity index (χ0) is 20.6. The van der Waals surface area contributed by atoms with Gasteiger partial charge in [-0.2, -0.15) is 0 Å². The summed E-state index contributed by atoms with van der Waals surface area (Å²) in [5, 5.41) is 3.25. The number of nitrogens with one attached hydrogen (secondary N) is 1. The van der Waals surface area contributed by atoms with Gasteiger partial charge in [-0.3, -0.25) is 9.10 Å². The summed E-state index contributed by atoms with van der Waals surface area (Å²) in [6, 6.07) is 18.3. The second-order valence-electron chi connectivity index (χ2n) is 6.57. The van der Waals surface area contributed by atoms with E-state index in [2.05, 4.69) is 5.32 Å². The van der Waals surface area contributed by atoms with Crippen molar-refractivity contribution in [3.63, 3.8) is 0 Å². The van der Waals surface area contributed by atoms with Gasteiger partial charge in [0.1, 0.15) is 4.90 Å². The van der Waals surface area contributed by atoms with Gasteiger partial charge in [0.2, 0.25) is 0 Å². The Hall–Kier alpha value is -2.54. The summed E-state index contributed by atoms with van der Waals surface area (Å²) in [4.78, 5) is 12.5. The van der Waals surface area contributed by atoms with Crippen LogP contribution in [0.3, 0.4) is 0 Å². The molecule has 4 rings (SSSR count). The zero-order valence-electron chi connectivity index (χ0n) is 15.1. The number of halogens is 2. The molecule has 0 aromatic heterocycles. The second kappa shape index (κ2) is 7.71. The summed E-state index contributed by atoms with van der Waals surface area (Å²) in [5.41, 5.74) is 2.29. The van der Waals surface area contributed by atoms with Gasteiger partial charge in [0.25, 0.3) is 15.9 Å². The molecular weight excluding hydrogens is 431 g/mol. The van der Waals surface area contributed by atoms with Crippen LogP contribution in [0.1, 0.15) is 15.9 Å². The van der Waals surface area contributed by atoms with Crippen molar-refractivity contribution in [3.05, 3.63) is 87.9 Å². The fraction of sp³-hybridized carbons (Fsp3) is 0.0952. The molecule has 0 atom stereocenters. The van der Waals surface area contributed by atoms with Crippen molar-refractivity contribution >= 4 is 50.5 Å². The molecule has 1 aliphatic heterocycles. The highest BCUT2D eigenvalue weighted by Gasteiger charge is 2.32. The van der Waals surface area contributed by atoms with E-state index >= 15 is 0 Å². The van der Waals surface area contributed by atoms with Crippen molar-refractivity contribution in [2.75, 3.05) is 16.2 Å². The quantitative estimate of drug-likeness (QED) is 0.613. The monoisotopic (exact) mass is 446 g/mol. The molecule has 1 aliphatic rings. The molecule has 0 aliphatic carbocycles. The van der Waals surface area contributed by atoms with E-state index < -0.39 is 15.9 Å². The number of rotatable bonds is 4. The number of hydrogen-bond acceptors (Lipinski definition) is 3. The largest absolute Gasteiger partial charge is 0.322 e. The molecule has 3 aromatic carbocycles. The highest BCUT2D eigenvalue weighted by molar-refractivity contribution is 7.93. The number of carbonyl (C=O) groups is 1. The van der Waals surface area contributed by atoms with E-state index in [0.717, 1.165) is 5.56 Å². The molecule has 0 fully saturated rings. The third-order valence-electron chi connectivity index (χ3n) is 4.69. The highest BCUT2D eigenvalue weighted by Crippen LogP contribution is 2.35. The Kier molecular flexibility index (Phi) is 5.25. The first-order chi connectivity index (χ1) is 13.9. The maximum Gasteiger partial charge on any atom is 0.265 e. The predicted octanol–water partition coefficient (Wildman–Crippen LogP) is 5.00. The van der Waals surface area contributed by atoms with Crippen LogP contribution in [0.5, 0.6) is 0 Å². The van der Waals surface area contributed by atoms with E-state index in [-0.39, 0.29) is 15.5 Å². The maximum absolute atomic E-state index is 13.3. The lowest BCUT2D eigenvalue weighted by Gasteiger charge is -2.20. The van der Waals surface area contributed by atoms with Crippen LogP contribution in [0.4, 0.5) is 11.4 Å². The van der Waals surface area contributed by atoms with Gasteiger partial charge in [-0.15, -0.1) is 0 Å². The molecule has 1 N–H and O–H groups in total. The summed E-state index contributed by atoms with van der Waals surface area (Å²) in [6.07, 6.45) is 0.627. The van der Waals surface area contributed by atoms with Crippen LogP contribution in [0.2, 0.25) is 10.0 Å². The van der Waals surface area contributed by atoms with Crippen LogP contribution in [0, 0.1) is 0 Å². The van der Waals surface area contributed by atoms with Gasteiger partial charge >= 0.3 is 0 Å². The van der Waals surface area contributed by atoms with Gasteiger partial charge in [0, 0.05) is 22.8 Å². The zero-order valence-corrected chi connectivity index (χ0v) is 17.4. The predicted molar refractivity (Wildman–Crippen MR) is 116 cm³/mol. The molecule has 0 bridgehead atoms. The summed E-state index contributed by atoms with van der Waals surface area (Å²) in [7, 11) is -3.92. The summed E-state index contributed by atoms with van der Waals surface area (Å²) < 4.78 is 27.9. The summed E-state index contributed by atoms with van der Waals surface area (Å²) in [5.74, 6) is -0.456. The minimum atomic E-state index is -3.92. The van der Waals surface area contributed by atoms with E-state index in [1.54, 1.807) is 36.4 Å². The van der Waals surface area contributed by atoms with Crippen LogP contribution in [-0.2, 0) is 16.4 Å². The fourth-order valence-electron chi connectivity index (χ4n) is 3.29. The Balaban J connectivity index is 1.67.